The van der Waals surface area contributed by atoms with E-state index in [4.69, 9.17) is 11.6 Å². The Labute approximate surface area is 132 Å². The second kappa shape index (κ2) is 5.25. The Morgan fingerprint density at radius 1 is 1.29 bits per heavy atom. The van der Waals surface area contributed by atoms with E-state index in [9.17, 15) is 0 Å². The molecule has 1 spiro atoms. The van der Waals surface area contributed by atoms with Crippen molar-refractivity contribution in [3.8, 4) is 0 Å². The molecule has 21 heavy (non-hydrogen) atoms. The maximum atomic E-state index is 6.44. The molecule has 118 valence electrons. The first-order chi connectivity index (χ1) is 9.83. The third kappa shape index (κ3) is 2.73. The number of hydrogen-bond acceptors (Lipinski definition) is 3. The van der Waals surface area contributed by atoms with Crippen molar-refractivity contribution in [3.05, 3.63) is 16.4 Å². The van der Waals surface area contributed by atoms with Crippen LogP contribution in [0.5, 0.6) is 0 Å². The second-order valence-corrected chi connectivity index (χ2v) is 7.85. The first kappa shape index (κ1) is 15.3. The van der Waals surface area contributed by atoms with Crippen LogP contribution in [-0.2, 0) is 13.6 Å². The van der Waals surface area contributed by atoms with Gasteiger partial charge in [-0.3, -0.25) is 9.58 Å². The minimum absolute atomic E-state index is 0.152. The summed E-state index contributed by atoms with van der Waals surface area (Å²) in [6, 6.07) is 0. The van der Waals surface area contributed by atoms with Crippen LogP contribution in [0.15, 0.2) is 0 Å². The van der Waals surface area contributed by atoms with Gasteiger partial charge in [-0.05, 0) is 33.6 Å². The zero-order chi connectivity index (χ0) is 15.3. The third-order valence-corrected chi connectivity index (χ3v) is 5.90. The predicted molar refractivity (Wildman–Crippen MR) is 86.6 cm³/mol. The Kier molecular flexibility index (Phi) is 3.83. The van der Waals surface area contributed by atoms with Gasteiger partial charge >= 0.3 is 0 Å². The number of nitrogens with zero attached hydrogens (tertiary/aromatic N) is 3. The van der Waals surface area contributed by atoms with E-state index < -0.39 is 0 Å². The lowest BCUT2D eigenvalue weighted by molar-refractivity contribution is 0.0216. The van der Waals surface area contributed by atoms with Crippen LogP contribution in [-0.4, -0.2) is 38.8 Å². The molecule has 0 unspecified atom stereocenters. The third-order valence-electron chi connectivity index (χ3n) is 5.43. The van der Waals surface area contributed by atoms with Gasteiger partial charge in [0.25, 0.3) is 0 Å². The summed E-state index contributed by atoms with van der Waals surface area (Å²) < 4.78 is 1.78. The van der Waals surface area contributed by atoms with Crippen LogP contribution >= 0.6 is 11.6 Å². The quantitative estimate of drug-likeness (QED) is 0.912. The molecule has 0 aromatic carbocycles. The number of halogens is 1. The summed E-state index contributed by atoms with van der Waals surface area (Å²) in [6.45, 7) is 9.76. The Balaban J connectivity index is 1.84. The summed E-state index contributed by atoms with van der Waals surface area (Å²) in [7, 11) is 1.92. The molecule has 4 nitrogen and oxygen atoms in total. The monoisotopic (exact) mass is 310 g/mol. The van der Waals surface area contributed by atoms with Crippen LogP contribution in [0.1, 0.15) is 50.8 Å². The lowest BCUT2D eigenvalue weighted by Crippen LogP contribution is -2.66. The minimum Gasteiger partial charge on any atom is -0.308 e. The number of rotatable bonds is 2. The number of aryl methyl sites for hydroxylation is 2. The molecule has 0 atom stereocenters. The second-order valence-electron chi connectivity index (χ2n) is 7.49. The van der Waals surface area contributed by atoms with Crippen molar-refractivity contribution in [1.29, 1.82) is 0 Å². The molecule has 1 saturated carbocycles. The van der Waals surface area contributed by atoms with Crippen LogP contribution in [0.2, 0.25) is 5.15 Å². The summed E-state index contributed by atoms with van der Waals surface area (Å²) in [4.78, 5) is 2.60. The molecule has 0 bridgehead atoms. The molecule has 1 saturated heterocycles. The fourth-order valence-corrected chi connectivity index (χ4v) is 4.09. The van der Waals surface area contributed by atoms with Crippen LogP contribution in [0.4, 0.5) is 0 Å². The lowest BCUT2D eigenvalue weighted by atomic mass is 9.87. The highest BCUT2D eigenvalue weighted by atomic mass is 35.5. The number of hydrogen-bond donors (Lipinski definition) is 1. The van der Waals surface area contributed by atoms with Gasteiger partial charge in [0.15, 0.2) is 0 Å². The van der Waals surface area contributed by atoms with Gasteiger partial charge in [0.1, 0.15) is 5.15 Å². The van der Waals surface area contributed by atoms with E-state index in [1.807, 2.05) is 7.05 Å². The molecule has 1 aromatic heterocycles. The summed E-state index contributed by atoms with van der Waals surface area (Å²) in [5.41, 5.74) is 2.72. The van der Waals surface area contributed by atoms with Crippen LogP contribution in [0.3, 0.4) is 0 Å². The van der Waals surface area contributed by atoms with E-state index in [2.05, 4.69) is 36.1 Å². The highest BCUT2D eigenvalue weighted by Crippen LogP contribution is 2.37. The van der Waals surface area contributed by atoms with E-state index in [-0.39, 0.29) is 5.54 Å². The molecule has 3 rings (SSSR count). The van der Waals surface area contributed by atoms with Gasteiger partial charge in [0.2, 0.25) is 0 Å². The fourth-order valence-electron chi connectivity index (χ4n) is 3.85. The Morgan fingerprint density at radius 2 is 1.95 bits per heavy atom. The van der Waals surface area contributed by atoms with Gasteiger partial charge in [0.05, 0.1) is 5.69 Å². The topological polar surface area (TPSA) is 33.1 Å². The molecule has 2 fully saturated rings. The fraction of sp³-hybridized carbons (Fsp3) is 0.812. The maximum Gasteiger partial charge on any atom is 0.131 e. The molecular formula is C16H27ClN4. The largest absolute Gasteiger partial charge is 0.308 e. The molecule has 1 aliphatic heterocycles. The molecule has 0 amide bonds. The van der Waals surface area contributed by atoms with Crippen LogP contribution < -0.4 is 5.32 Å². The SMILES string of the molecule is Cc1nn(C)c(Cl)c1CN1CC2(CCCC2)NCC1(C)C. The van der Waals surface area contributed by atoms with Crippen LogP contribution in [0.25, 0.3) is 0 Å². The Morgan fingerprint density at radius 3 is 2.52 bits per heavy atom. The van der Waals surface area contributed by atoms with Crippen molar-refractivity contribution in [1.82, 2.24) is 20.0 Å². The highest BCUT2D eigenvalue weighted by Gasteiger charge is 2.44. The normalized spacial score (nSPS) is 24.8. The number of aromatic nitrogens is 2. The van der Waals surface area contributed by atoms with Gasteiger partial charge < -0.3 is 5.32 Å². The summed E-state index contributed by atoms with van der Waals surface area (Å²) in [5.74, 6) is 0. The lowest BCUT2D eigenvalue weighted by Gasteiger charge is -2.51. The molecule has 2 aliphatic rings. The molecular weight excluding hydrogens is 284 g/mol. The van der Waals surface area contributed by atoms with Crippen molar-refractivity contribution in [3.63, 3.8) is 0 Å². The van der Waals surface area contributed by atoms with E-state index >= 15 is 0 Å². The van der Waals surface area contributed by atoms with E-state index in [1.54, 1.807) is 4.68 Å². The Hall–Kier alpha value is -0.580. The number of nitrogens with one attached hydrogen (secondary N) is 1. The van der Waals surface area contributed by atoms with Gasteiger partial charge in [-0.1, -0.05) is 24.4 Å². The van der Waals surface area contributed by atoms with Crippen molar-refractivity contribution in [2.24, 2.45) is 7.05 Å². The van der Waals surface area contributed by atoms with Crippen molar-refractivity contribution < 1.29 is 0 Å². The van der Waals surface area contributed by atoms with E-state index in [1.165, 1.54) is 31.2 Å². The first-order valence-electron chi connectivity index (χ1n) is 8.01. The molecule has 2 heterocycles. The van der Waals surface area contributed by atoms with E-state index in [0.717, 1.165) is 30.5 Å². The standard InChI is InChI=1S/C16H27ClN4/c1-12-13(14(17)20(4)19-12)9-21-11-16(7-5-6-8-16)18-10-15(21,2)3/h18H,5-11H2,1-4H3. The van der Waals surface area contributed by atoms with Crippen LogP contribution in [0, 0.1) is 6.92 Å². The van der Waals surface area contributed by atoms with Crippen molar-refractivity contribution >= 4 is 11.6 Å². The average molecular weight is 311 g/mol. The van der Waals surface area contributed by atoms with Crippen molar-refractivity contribution in [2.45, 2.75) is 64.1 Å². The summed E-state index contributed by atoms with van der Waals surface area (Å²) in [6.07, 6.45) is 5.32. The number of piperazine rings is 1. The first-order valence-corrected chi connectivity index (χ1v) is 8.39. The van der Waals surface area contributed by atoms with Gasteiger partial charge in [-0.15, -0.1) is 0 Å². The van der Waals surface area contributed by atoms with Gasteiger partial charge in [-0.2, -0.15) is 5.10 Å². The molecule has 0 radical (unpaired) electrons. The molecule has 5 heteroatoms. The maximum absolute atomic E-state index is 6.44. The molecule has 1 aliphatic carbocycles. The zero-order valence-electron chi connectivity index (χ0n) is 13.7. The molecule has 1 N–H and O–H groups in total. The molecule has 1 aromatic rings. The zero-order valence-corrected chi connectivity index (χ0v) is 14.4. The summed E-state index contributed by atoms with van der Waals surface area (Å²) in [5, 5.41) is 9.07. The smallest absolute Gasteiger partial charge is 0.131 e. The predicted octanol–water partition coefficient (Wildman–Crippen LogP) is 2.88. The highest BCUT2D eigenvalue weighted by molar-refractivity contribution is 6.30. The Bertz CT molecular complexity index is 529. The van der Waals surface area contributed by atoms with Crippen molar-refractivity contribution in [2.75, 3.05) is 13.1 Å². The van der Waals surface area contributed by atoms with E-state index in [0.29, 0.717) is 5.54 Å². The summed E-state index contributed by atoms with van der Waals surface area (Å²) >= 11 is 6.44. The average Bonchev–Trinajstić information content (AvgIpc) is 2.96. The van der Waals surface area contributed by atoms with Gasteiger partial charge in [0, 0.05) is 43.3 Å². The van der Waals surface area contributed by atoms with Gasteiger partial charge in [-0.25, -0.2) is 0 Å². The minimum atomic E-state index is 0.152.